The molecule has 0 aliphatic rings. The van der Waals surface area contributed by atoms with Crippen molar-refractivity contribution in [2.45, 2.75) is 33.7 Å². The Morgan fingerprint density at radius 3 is 2.48 bits per heavy atom. The van der Waals surface area contributed by atoms with Gasteiger partial charge in [-0.3, -0.25) is 4.79 Å². The van der Waals surface area contributed by atoms with Crippen molar-refractivity contribution < 1.29 is 23.5 Å². The first-order valence-corrected chi connectivity index (χ1v) is 9.57. The molecule has 0 radical (unpaired) electrons. The summed E-state index contributed by atoms with van der Waals surface area (Å²) in [5.41, 5.74) is 3.48. The zero-order valence-electron chi connectivity index (χ0n) is 16.9. The molecule has 0 fully saturated rings. The summed E-state index contributed by atoms with van der Waals surface area (Å²) in [4.78, 5) is 24.5. The van der Waals surface area contributed by atoms with E-state index in [1.807, 2.05) is 54.8 Å². The molecule has 0 atom stereocenters. The predicted molar refractivity (Wildman–Crippen MR) is 108 cm³/mol. The first kappa shape index (κ1) is 20.5. The maximum absolute atomic E-state index is 12.5. The topological polar surface area (TPSA) is 70.7 Å². The molecule has 0 amide bonds. The van der Waals surface area contributed by atoms with Crippen LogP contribution in [0.4, 0.5) is 0 Å². The van der Waals surface area contributed by atoms with E-state index in [0.29, 0.717) is 17.9 Å². The second-order valence-corrected chi connectivity index (χ2v) is 6.82. The van der Waals surface area contributed by atoms with Gasteiger partial charge in [0.25, 0.3) is 0 Å². The van der Waals surface area contributed by atoms with Crippen LogP contribution in [0.2, 0.25) is 0 Å². The molecule has 152 valence electrons. The Morgan fingerprint density at radius 1 is 1.07 bits per heavy atom. The summed E-state index contributed by atoms with van der Waals surface area (Å²) in [5, 5.41) is 0. The van der Waals surface area contributed by atoms with Crippen molar-refractivity contribution in [3.05, 3.63) is 77.0 Å². The molecule has 2 heterocycles. The lowest BCUT2D eigenvalue weighted by Crippen LogP contribution is -2.20. The Labute approximate surface area is 170 Å². The standard InChI is InChI=1S/C23H25NO5/c1-4-18-7-9-19(10-8-18)28-15-23(26)29-14-22(25)21-12-16(2)24(17(21)3)13-20-6-5-11-27-20/h5-12H,4,13-15H2,1-3H3. The smallest absolute Gasteiger partial charge is 0.344 e. The molecule has 0 unspecified atom stereocenters. The molecule has 0 bridgehead atoms. The molecule has 3 rings (SSSR count). The third kappa shape index (κ3) is 5.16. The summed E-state index contributed by atoms with van der Waals surface area (Å²) >= 11 is 0. The average molecular weight is 395 g/mol. The van der Waals surface area contributed by atoms with Gasteiger partial charge in [0.05, 0.1) is 12.8 Å². The summed E-state index contributed by atoms with van der Waals surface area (Å²) in [6.45, 7) is 5.85. The van der Waals surface area contributed by atoms with Gasteiger partial charge >= 0.3 is 5.97 Å². The van der Waals surface area contributed by atoms with Gasteiger partial charge in [0.1, 0.15) is 11.5 Å². The van der Waals surface area contributed by atoms with Gasteiger partial charge in [0, 0.05) is 17.0 Å². The van der Waals surface area contributed by atoms with Crippen molar-refractivity contribution in [2.24, 2.45) is 0 Å². The van der Waals surface area contributed by atoms with Gasteiger partial charge in [-0.1, -0.05) is 19.1 Å². The number of Topliss-reactive ketones (excluding diaryl/α,β-unsaturated/α-hetero) is 1. The Morgan fingerprint density at radius 2 is 1.83 bits per heavy atom. The molecule has 0 N–H and O–H groups in total. The fourth-order valence-electron chi connectivity index (χ4n) is 3.11. The van der Waals surface area contributed by atoms with Gasteiger partial charge in [-0.05, 0) is 56.2 Å². The molecule has 29 heavy (non-hydrogen) atoms. The molecule has 6 nitrogen and oxygen atoms in total. The number of benzene rings is 1. The fourth-order valence-corrected chi connectivity index (χ4v) is 3.11. The van der Waals surface area contributed by atoms with E-state index in [1.165, 1.54) is 5.56 Å². The molecule has 0 aliphatic heterocycles. The van der Waals surface area contributed by atoms with Gasteiger partial charge in [-0.2, -0.15) is 0 Å². The predicted octanol–water partition coefficient (Wildman–Crippen LogP) is 4.11. The van der Waals surface area contributed by atoms with Crippen molar-refractivity contribution in [3.8, 4) is 5.75 Å². The van der Waals surface area contributed by atoms with Crippen molar-refractivity contribution in [2.75, 3.05) is 13.2 Å². The first-order valence-electron chi connectivity index (χ1n) is 9.57. The van der Waals surface area contributed by atoms with E-state index in [4.69, 9.17) is 13.9 Å². The number of hydrogen-bond donors (Lipinski definition) is 0. The van der Waals surface area contributed by atoms with Gasteiger partial charge in [-0.25, -0.2) is 4.79 Å². The molecular weight excluding hydrogens is 370 g/mol. The second kappa shape index (κ2) is 9.28. The number of nitrogens with zero attached hydrogens (tertiary/aromatic N) is 1. The van der Waals surface area contributed by atoms with E-state index < -0.39 is 5.97 Å². The van der Waals surface area contributed by atoms with Gasteiger partial charge in [-0.15, -0.1) is 0 Å². The average Bonchev–Trinajstić information content (AvgIpc) is 3.34. The molecule has 0 saturated heterocycles. The number of carbonyl (C=O) groups excluding carboxylic acids is 2. The highest BCUT2D eigenvalue weighted by Gasteiger charge is 2.18. The number of aryl methyl sites for hydroxylation is 2. The van der Waals surface area contributed by atoms with Crippen LogP contribution in [0.3, 0.4) is 0 Å². The number of rotatable bonds is 9. The number of carbonyl (C=O) groups is 2. The summed E-state index contributed by atoms with van der Waals surface area (Å²) < 4.78 is 17.9. The van der Waals surface area contributed by atoms with Crippen molar-refractivity contribution in [3.63, 3.8) is 0 Å². The lowest BCUT2D eigenvalue weighted by molar-refractivity contribution is -0.144. The van der Waals surface area contributed by atoms with Gasteiger partial charge in [0.15, 0.2) is 13.2 Å². The highest BCUT2D eigenvalue weighted by Crippen LogP contribution is 2.18. The van der Waals surface area contributed by atoms with Crippen LogP contribution in [0, 0.1) is 13.8 Å². The minimum Gasteiger partial charge on any atom is -0.482 e. The number of aromatic nitrogens is 1. The van der Waals surface area contributed by atoms with Crippen LogP contribution in [0.25, 0.3) is 0 Å². The lowest BCUT2D eigenvalue weighted by Gasteiger charge is -2.09. The van der Waals surface area contributed by atoms with Crippen LogP contribution in [0.1, 0.15) is 40.0 Å². The zero-order valence-corrected chi connectivity index (χ0v) is 16.9. The second-order valence-electron chi connectivity index (χ2n) is 6.82. The molecule has 0 saturated carbocycles. The summed E-state index contributed by atoms with van der Waals surface area (Å²) in [5.74, 6) is 0.569. The van der Waals surface area contributed by atoms with Crippen molar-refractivity contribution >= 4 is 11.8 Å². The Kier molecular flexibility index (Phi) is 6.54. The third-order valence-electron chi connectivity index (χ3n) is 4.82. The number of ketones is 1. The number of ether oxygens (including phenoxy) is 2. The fraction of sp³-hybridized carbons (Fsp3) is 0.304. The maximum atomic E-state index is 12.5. The van der Waals surface area contributed by atoms with Crippen LogP contribution in [0.15, 0.2) is 53.1 Å². The number of hydrogen-bond acceptors (Lipinski definition) is 5. The quantitative estimate of drug-likeness (QED) is 0.403. The Bertz CT molecular complexity index is 968. The minimum atomic E-state index is -0.581. The van der Waals surface area contributed by atoms with E-state index >= 15 is 0 Å². The molecule has 1 aromatic carbocycles. The summed E-state index contributed by atoms with van der Waals surface area (Å²) in [6, 6.07) is 13.0. The monoisotopic (exact) mass is 395 g/mol. The van der Waals surface area contributed by atoms with Crippen molar-refractivity contribution in [1.82, 2.24) is 4.57 Å². The lowest BCUT2D eigenvalue weighted by atomic mass is 10.1. The SMILES string of the molecule is CCc1ccc(OCC(=O)OCC(=O)c2cc(C)n(Cc3ccco3)c2C)cc1. The largest absolute Gasteiger partial charge is 0.482 e. The molecule has 0 spiro atoms. The van der Waals surface area contributed by atoms with Crippen LogP contribution in [-0.2, 0) is 22.5 Å². The molecular formula is C23H25NO5. The van der Waals surface area contributed by atoms with E-state index in [-0.39, 0.29) is 19.0 Å². The first-order chi connectivity index (χ1) is 14.0. The number of furan rings is 1. The summed E-state index contributed by atoms with van der Waals surface area (Å²) in [6.07, 6.45) is 2.56. The minimum absolute atomic E-state index is 0.240. The molecule has 2 aromatic heterocycles. The molecule has 3 aromatic rings. The maximum Gasteiger partial charge on any atom is 0.344 e. The third-order valence-corrected chi connectivity index (χ3v) is 4.82. The highest BCUT2D eigenvalue weighted by molar-refractivity contribution is 5.99. The van der Waals surface area contributed by atoms with E-state index in [0.717, 1.165) is 23.6 Å². The number of esters is 1. The van der Waals surface area contributed by atoms with Gasteiger partial charge < -0.3 is 18.5 Å². The van der Waals surface area contributed by atoms with E-state index in [9.17, 15) is 9.59 Å². The van der Waals surface area contributed by atoms with Crippen LogP contribution < -0.4 is 4.74 Å². The van der Waals surface area contributed by atoms with Crippen LogP contribution in [-0.4, -0.2) is 29.5 Å². The van der Waals surface area contributed by atoms with Crippen molar-refractivity contribution in [1.29, 1.82) is 0 Å². The normalized spacial score (nSPS) is 10.7. The molecule has 0 aliphatic carbocycles. The van der Waals surface area contributed by atoms with Crippen LogP contribution >= 0.6 is 0 Å². The molecule has 6 heteroatoms. The van der Waals surface area contributed by atoms with E-state index in [1.54, 1.807) is 12.3 Å². The van der Waals surface area contributed by atoms with E-state index in [2.05, 4.69) is 6.92 Å². The Balaban J connectivity index is 1.52. The summed E-state index contributed by atoms with van der Waals surface area (Å²) in [7, 11) is 0. The van der Waals surface area contributed by atoms with Crippen LogP contribution in [0.5, 0.6) is 5.75 Å². The highest BCUT2D eigenvalue weighted by atomic mass is 16.6. The Hall–Kier alpha value is -3.28. The van der Waals surface area contributed by atoms with Gasteiger partial charge in [0.2, 0.25) is 5.78 Å². The zero-order chi connectivity index (χ0) is 20.8.